The fourth-order valence-corrected chi connectivity index (χ4v) is 1.83. The lowest BCUT2D eigenvalue weighted by Crippen LogP contribution is -2.42. The highest BCUT2D eigenvalue weighted by molar-refractivity contribution is 5.83. The first-order chi connectivity index (χ1) is 9.06. The van der Waals surface area contributed by atoms with Gasteiger partial charge in [0.1, 0.15) is 6.04 Å². The highest BCUT2D eigenvalue weighted by Crippen LogP contribution is 2.08. The number of carbonyl (C=O) groups excluding carboxylic acids is 2. The van der Waals surface area contributed by atoms with Crippen LogP contribution in [0.1, 0.15) is 31.9 Å². The normalized spacial score (nSPS) is 11.7. The Kier molecular flexibility index (Phi) is 6.06. The van der Waals surface area contributed by atoms with E-state index in [0.29, 0.717) is 13.0 Å². The number of amides is 1. The fraction of sp³-hybridized carbons (Fsp3) is 0.467. The first-order valence-corrected chi connectivity index (χ1v) is 6.58. The molecule has 0 radical (unpaired) electrons. The molecule has 0 aliphatic rings. The van der Waals surface area contributed by atoms with E-state index < -0.39 is 12.0 Å². The SMILES string of the molecule is CCOC(=O)C(Cc1ccc(CC)cc1)NC(C)=O. The molecule has 1 unspecified atom stereocenters. The number of carbonyl (C=O) groups is 2. The van der Waals surface area contributed by atoms with Crippen molar-refractivity contribution < 1.29 is 14.3 Å². The molecule has 1 aromatic carbocycles. The Morgan fingerprint density at radius 1 is 1.16 bits per heavy atom. The van der Waals surface area contributed by atoms with Crippen molar-refractivity contribution in [1.82, 2.24) is 5.32 Å². The van der Waals surface area contributed by atoms with Gasteiger partial charge in [0.15, 0.2) is 0 Å². The maximum atomic E-state index is 11.8. The van der Waals surface area contributed by atoms with E-state index in [1.165, 1.54) is 12.5 Å². The Morgan fingerprint density at radius 3 is 2.21 bits per heavy atom. The Hall–Kier alpha value is -1.84. The molecule has 0 aliphatic heterocycles. The van der Waals surface area contributed by atoms with Gasteiger partial charge < -0.3 is 10.1 Å². The van der Waals surface area contributed by atoms with E-state index in [1.807, 2.05) is 24.3 Å². The summed E-state index contributed by atoms with van der Waals surface area (Å²) in [7, 11) is 0. The van der Waals surface area contributed by atoms with Crippen LogP contribution in [0.2, 0.25) is 0 Å². The number of aryl methyl sites for hydroxylation is 1. The van der Waals surface area contributed by atoms with Crippen molar-refractivity contribution >= 4 is 11.9 Å². The summed E-state index contributed by atoms with van der Waals surface area (Å²) in [6.07, 6.45) is 1.43. The molecule has 4 nitrogen and oxygen atoms in total. The highest BCUT2D eigenvalue weighted by atomic mass is 16.5. The lowest BCUT2D eigenvalue weighted by molar-refractivity contribution is -0.147. The minimum absolute atomic E-state index is 0.233. The van der Waals surface area contributed by atoms with Crippen LogP contribution in [0.5, 0.6) is 0 Å². The second-order valence-electron chi connectivity index (χ2n) is 4.38. The molecule has 0 aromatic heterocycles. The van der Waals surface area contributed by atoms with Gasteiger partial charge in [-0.25, -0.2) is 4.79 Å². The van der Waals surface area contributed by atoms with Gasteiger partial charge in [-0.1, -0.05) is 31.2 Å². The summed E-state index contributed by atoms with van der Waals surface area (Å²) in [5.74, 6) is -0.625. The van der Waals surface area contributed by atoms with Crippen molar-refractivity contribution in [2.45, 2.75) is 39.7 Å². The topological polar surface area (TPSA) is 55.4 Å². The van der Waals surface area contributed by atoms with Crippen molar-refractivity contribution in [3.8, 4) is 0 Å². The molecule has 19 heavy (non-hydrogen) atoms. The fourth-order valence-electron chi connectivity index (χ4n) is 1.83. The minimum atomic E-state index is -0.620. The summed E-state index contributed by atoms with van der Waals surface area (Å²) in [5, 5.41) is 2.63. The molecule has 1 rings (SSSR count). The predicted octanol–water partition coefficient (Wildman–Crippen LogP) is 1.86. The molecule has 0 saturated heterocycles. The Bertz CT molecular complexity index is 426. The molecular formula is C15H21NO3. The smallest absolute Gasteiger partial charge is 0.328 e. The lowest BCUT2D eigenvalue weighted by atomic mass is 10.0. The van der Waals surface area contributed by atoms with E-state index in [2.05, 4.69) is 12.2 Å². The van der Waals surface area contributed by atoms with Crippen molar-refractivity contribution in [3.05, 3.63) is 35.4 Å². The van der Waals surface area contributed by atoms with Crippen LogP contribution in [-0.4, -0.2) is 24.5 Å². The van der Waals surface area contributed by atoms with Crippen LogP contribution in [0.3, 0.4) is 0 Å². The van der Waals surface area contributed by atoms with E-state index in [-0.39, 0.29) is 5.91 Å². The maximum absolute atomic E-state index is 11.8. The van der Waals surface area contributed by atoms with Gasteiger partial charge in [0.2, 0.25) is 5.91 Å². The van der Waals surface area contributed by atoms with Crippen molar-refractivity contribution in [3.63, 3.8) is 0 Å². The minimum Gasteiger partial charge on any atom is -0.464 e. The summed E-state index contributed by atoms with van der Waals surface area (Å²) in [5.41, 5.74) is 2.25. The van der Waals surface area contributed by atoms with Gasteiger partial charge >= 0.3 is 5.97 Å². The third kappa shape index (κ3) is 5.12. The zero-order valence-electron chi connectivity index (χ0n) is 11.7. The second-order valence-corrected chi connectivity index (χ2v) is 4.38. The molecule has 1 atom stereocenters. The summed E-state index contributed by atoms with van der Waals surface area (Å²) >= 11 is 0. The van der Waals surface area contributed by atoms with Crippen LogP contribution in [0, 0.1) is 0 Å². The van der Waals surface area contributed by atoms with Crippen molar-refractivity contribution in [2.24, 2.45) is 0 Å². The van der Waals surface area contributed by atoms with Gasteiger partial charge in [-0.15, -0.1) is 0 Å². The molecule has 0 fully saturated rings. The third-order valence-electron chi connectivity index (χ3n) is 2.82. The van der Waals surface area contributed by atoms with Gasteiger partial charge in [0.05, 0.1) is 6.61 Å². The zero-order chi connectivity index (χ0) is 14.3. The number of hydrogen-bond acceptors (Lipinski definition) is 3. The van der Waals surface area contributed by atoms with Crippen LogP contribution in [-0.2, 0) is 27.2 Å². The Morgan fingerprint density at radius 2 is 1.74 bits per heavy atom. The van der Waals surface area contributed by atoms with Gasteiger partial charge in [0.25, 0.3) is 0 Å². The average Bonchev–Trinajstić information content (AvgIpc) is 2.38. The quantitative estimate of drug-likeness (QED) is 0.797. The van der Waals surface area contributed by atoms with Crippen LogP contribution in [0.4, 0.5) is 0 Å². The van der Waals surface area contributed by atoms with E-state index in [9.17, 15) is 9.59 Å². The highest BCUT2D eigenvalue weighted by Gasteiger charge is 2.20. The zero-order valence-corrected chi connectivity index (χ0v) is 11.7. The van der Waals surface area contributed by atoms with E-state index >= 15 is 0 Å². The summed E-state index contributed by atoms with van der Waals surface area (Å²) < 4.78 is 4.97. The van der Waals surface area contributed by atoms with E-state index in [0.717, 1.165) is 12.0 Å². The van der Waals surface area contributed by atoms with Gasteiger partial charge in [-0.3, -0.25) is 4.79 Å². The molecule has 1 amide bonds. The van der Waals surface area contributed by atoms with E-state index in [1.54, 1.807) is 6.92 Å². The number of esters is 1. The number of benzene rings is 1. The van der Waals surface area contributed by atoms with E-state index in [4.69, 9.17) is 4.74 Å². The number of nitrogens with one attached hydrogen (secondary N) is 1. The molecule has 1 N–H and O–H groups in total. The molecule has 104 valence electrons. The lowest BCUT2D eigenvalue weighted by Gasteiger charge is -2.16. The van der Waals surface area contributed by atoms with Crippen LogP contribution >= 0.6 is 0 Å². The molecule has 4 heteroatoms. The first-order valence-electron chi connectivity index (χ1n) is 6.58. The largest absolute Gasteiger partial charge is 0.464 e. The van der Waals surface area contributed by atoms with Gasteiger partial charge in [-0.05, 0) is 24.5 Å². The second kappa shape index (κ2) is 7.56. The molecule has 0 bridgehead atoms. The number of hydrogen-bond donors (Lipinski definition) is 1. The number of ether oxygens (including phenoxy) is 1. The summed E-state index contributed by atoms with van der Waals surface area (Å²) in [4.78, 5) is 22.9. The molecular weight excluding hydrogens is 242 g/mol. The molecule has 0 aliphatic carbocycles. The Balaban J connectivity index is 2.74. The van der Waals surface area contributed by atoms with Crippen molar-refractivity contribution in [1.29, 1.82) is 0 Å². The van der Waals surface area contributed by atoms with Crippen LogP contribution in [0.25, 0.3) is 0 Å². The average molecular weight is 263 g/mol. The molecule has 0 spiro atoms. The number of rotatable bonds is 6. The van der Waals surface area contributed by atoms with Crippen LogP contribution < -0.4 is 5.32 Å². The predicted molar refractivity (Wildman–Crippen MR) is 73.8 cm³/mol. The maximum Gasteiger partial charge on any atom is 0.328 e. The molecule has 0 heterocycles. The van der Waals surface area contributed by atoms with Crippen molar-refractivity contribution in [2.75, 3.05) is 6.61 Å². The summed E-state index contributed by atoms with van der Waals surface area (Å²) in [6, 6.07) is 7.40. The molecule has 0 saturated carbocycles. The van der Waals surface area contributed by atoms with Crippen LogP contribution in [0.15, 0.2) is 24.3 Å². The molecule has 1 aromatic rings. The third-order valence-corrected chi connectivity index (χ3v) is 2.82. The first kappa shape index (κ1) is 15.2. The monoisotopic (exact) mass is 263 g/mol. The summed E-state index contributed by atoms with van der Waals surface area (Å²) in [6.45, 7) is 5.54. The van der Waals surface area contributed by atoms with Gasteiger partial charge in [0, 0.05) is 13.3 Å². The van der Waals surface area contributed by atoms with Gasteiger partial charge in [-0.2, -0.15) is 0 Å². The standard InChI is InChI=1S/C15H21NO3/c1-4-12-6-8-13(9-7-12)10-14(16-11(3)17)15(18)19-5-2/h6-9,14H,4-5,10H2,1-3H3,(H,16,17). The Labute approximate surface area is 114 Å².